The van der Waals surface area contributed by atoms with E-state index in [-0.39, 0.29) is 225 Å². The molecule has 40 heteroatoms. The van der Waals surface area contributed by atoms with Crippen LogP contribution in [0.2, 0.25) is 0 Å². The zero-order valence-corrected chi connectivity index (χ0v) is 95.2. The van der Waals surface area contributed by atoms with E-state index in [1.807, 2.05) is 93.5 Å². The summed E-state index contributed by atoms with van der Waals surface area (Å²) >= 11 is 0. The summed E-state index contributed by atoms with van der Waals surface area (Å²) < 4.78 is 46.1. The van der Waals surface area contributed by atoms with Crippen molar-refractivity contribution in [3.63, 3.8) is 0 Å². The Morgan fingerprint density at radius 2 is 0.297 bits per heavy atom. The molecule has 148 heavy (non-hydrogen) atoms. The van der Waals surface area contributed by atoms with Crippen molar-refractivity contribution < 1.29 is 115 Å². The molecule has 0 aliphatic carbocycles. The van der Waals surface area contributed by atoms with Gasteiger partial charge in [-0.25, -0.2) is 38.4 Å². The summed E-state index contributed by atoms with van der Waals surface area (Å²) in [7, 11) is 25.6. The van der Waals surface area contributed by atoms with Crippen LogP contribution in [0.3, 0.4) is 0 Å². The summed E-state index contributed by atoms with van der Waals surface area (Å²) in [5.74, 6) is -2.50. The van der Waals surface area contributed by atoms with E-state index in [9.17, 15) is 76.7 Å². The fourth-order valence-electron chi connectivity index (χ4n) is 15.8. The second-order valence-corrected chi connectivity index (χ2v) is 41.0. The van der Waals surface area contributed by atoms with Crippen molar-refractivity contribution in [1.29, 1.82) is 0 Å². The minimum Gasteiger partial charge on any atom is -0.445 e. The molecule has 40 nitrogen and oxygen atoms in total. The lowest BCUT2D eigenvalue weighted by Gasteiger charge is -2.26. The first kappa shape index (κ1) is 129. The van der Waals surface area contributed by atoms with Crippen LogP contribution in [0.5, 0.6) is 0 Å². The van der Waals surface area contributed by atoms with Crippen molar-refractivity contribution in [2.75, 3.05) is 217 Å². The van der Waals surface area contributed by atoms with Gasteiger partial charge in [-0.15, -0.1) is 0 Å². The lowest BCUT2D eigenvalue weighted by Crippen LogP contribution is -2.39. The molecule has 0 fully saturated rings. The Labute approximate surface area is 878 Å². The molecule has 828 valence electrons. The number of ether oxygens (including phenoxy) is 8. The van der Waals surface area contributed by atoms with Crippen LogP contribution in [0.4, 0.5) is 38.4 Å². The molecular weight excluding hydrogens is 1910 g/mol. The van der Waals surface area contributed by atoms with Crippen LogP contribution >= 0.6 is 0 Å². The highest BCUT2D eigenvalue weighted by molar-refractivity contribution is 5.98. The molecule has 0 N–H and O–H groups in total. The second kappa shape index (κ2) is 62.2. The molecule has 0 atom stereocenters. The third kappa shape index (κ3) is 41.8. The van der Waals surface area contributed by atoms with Gasteiger partial charge in [-0.05, 0) is 72.9 Å². The van der Waals surface area contributed by atoms with Crippen molar-refractivity contribution in [2.24, 2.45) is 35.5 Å². The zero-order valence-electron chi connectivity index (χ0n) is 95.2. The molecule has 0 aliphatic heterocycles. The van der Waals surface area contributed by atoms with Crippen LogP contribution in [0.25, 0.3) is 0 Å². The molecule has 0 radical (unpaired) electrons. The summed E-state index contributed by atoms with van der Waals surface area (Å²) in [5.41, 5.74) is 9.46. The molecule has 0 saturated heterocycles. The van der Waals surface area contributed by atoms with E-state index in [2.05, 4.69) is 0 Å². The maximum atomic E-state index is 14.7. The minimum absolute atomic E-state index is 0.00241. The van der Waals surface area contributed by atoms with Crippen molar-refractivity contribution in [2.45, 2.75) is 203 Å². The van der Waals surface area contributed by atoms with Gasteiger partial charge in [-0.3, -0.25) is 38.4 Å². The number of hydrogen-bond acceptors (Lipinski definition) is 24. The molecule has 16 amide bonds. The third-order valence-corrected chi connectivity index (χ3v) is 24.8. The van der Waals surface area contributed by atoms with Crippen molar-refractivity contribution in [1.82, 2.24) is 78.4 Å². The minimum atomic E-state index is -0.704. The summed E-state index contributed by atoms with van der Waals surface area (Å²) in [6.07, 6.45) is -5.16. The predicted octanol–water partition coefficient (Wildman–Crippen LogP) is 13.6. The number of benzene rings is 4. The third-order valence-electron chi connectivity index (χ3n) is 24.8. The largest absolute Gasteiger partial charge is 0.445 e. The smallest absolute Gasteiger partial charge is 0.409 e. The van der Waals surface area contributed by atoms with E-state index < -0.39 is 60.6 Å². The van der Waals surface area contributed by atoms with E-state index >= 15 is 0 Å². The van der Waals surface area contributed by atoms with Crippen LogP contribution in [-0.2, 0) is 120 Å². The molecule has 0 aromatic heterocycles. The topological polar surface area (TPSA) is 399 Å². The van der Waals surface area contributed by atoms with Gasteiger partial charge in [0.25, 0.3) is 11.8 Å². The molecule has 0 unspecified atom stereocenters. The second-order valence-electron chi connectivity index (χ2n) is 41.0. The lowest BCUT2D eigenvalue weighted by molar-refractivity contribution is -0.133. The highest BCUT2D eigenvalue weighted by atomic mass is 16.6. The molecule has 0 aliphatic rings. The van der Waals surface area contributed by atoms with Crippen LogP contribution in [0.1, 0.15) is 221 Å². The molecule has 0 spiro atoms. The van der Waals surface area contributed by atoms with Gasteiger partial charge in [0.1, 0.15) is 52.9 Å². The standard InChI is InChI=1S/C78H122N12O18.C30H50N4O6/c1-50(2)64-58(44-103-73(97)89(24)36-30-83(18)71(95)65-60(46-105-75(99)85(20)32-26-79(14)67(91)51(3)4)40-56(12)41-61(65)47-106-76(100)86(21)33-27-80(15)68(92)52(5)6)38-55(11)39-59(64)45-104-74(98)90(25)37-31-84(19)72(96)66-62(48-107-77(101)87(22)34-28-81(16)69(93)53(7)8)42-57(13)43-63(66)49-108-78(102)88(23)35-29-82(17)70(94)54(9)10;1-20(2)26-24(18-39-29(37)33(10)14-12-31(8)27(35)21(3)4)16-23(7)17-25(26)19-40-30(38)34(11)15-13-32(9)28(36)22(5)6/h38-43,50-54H,26-37,44-49H2,1-25H3;16-17,20-22H,12-15,18-19H2,1-11H3. The van der Waals surface area contributed by atoms with Crippen molar-refractivity contribution >= 4 is 96.0 Å². The number of amides is 16. The van der Waals surface area contributed by atoms with E-state index in [0.29, 0.717) is 70.7 Å². The van der Waals surface area contributed by atoms with Gasteiger partial charge in [0.05, 0.1) is 11.1 Å². The van der Waals surface area contributed by atoms with E-state index in [1.54, 1.807) is 174 Å². The molecule has 0 bridgehead atoms. The van der Waals surface area contributed by atoms with Crippen LogP contribution in [0.15, 0.2) is 48.5 Å². The first-order chi connectivity index (χ1) is 69.0. The number of carbonyl (C=O) groups excluding carboxylic acids is 16. The van der Waals surface area contributed by atoms with Gasteiger partial charge < -0.3 is 116 Å². The lowest BCUT2D eigenvalue weighted by atomic mass is 9.90. The maximum absolute atomic E-state index is 14.7. The number of hydrogen-bond donors (Lipinski definition) is 0. The number of nitrogens with zero attached hydrogens (tertiary/aromatic N) is 16. The predicted molar refractivity (Wildman–Crippen MR) is 564 cm³/mol. The summed E-state index contributed by atoms with van der Waals surface area (Å²) in [6.45, 7) is 38.8. The Bertz CT molecular complexity index is 4710. The average molecular weight is 2080 g/mol. The van der Waals surface area contributed by atoms with E-state index in [4.69, 9.17) is 37.9 Å². The quantitative estimate of drug-likeness (QED) is 0.0371. The van der Waals surface area contributed by atoms with Crippen molar-refractivity contribution in [3.05, 3.63) is 138 Å². The molecule has 4 aromatic rings. The molecular formula is C108H172N16O24. The van der Waals surface area contributed by atoms with E-state index in [0.717, 1.165) is 33.4 Å². The Balaban J connectivity index is 0.00000117. The van der Waals surface area contributed by atoms with Crippen LogP contribution < -0.4 is 0 Å². The van der Waals surface area contributed by atoms with Gasteiger partial charge in [0.2, 0.25) is 35.4 Å². The maximum Gasteiger partial charge on any atom is 0.409 e. The van der Waals surface area contributed by atoms with Gasteiger partial charge in [-0.2, -0.15) is 0 Å². The fraction of sp³-hybridized carbons (Fsp3) is 0.630. The Morgan fingerprint density at radius 1 is 0.182 bits per heavy atom. The SMILES string of the molecule is Cc1cc(COC(=O)N(C)CCN(C)C(=O)C(C)C)c(C(=O)N(C)CCN(C)C(=O)OCc2cc(C)cc(COC(=O)N(C)CCN(C)C(=O)c3c(COC(=O)N(C)CCN(C)C(=O)C(C)C)cc(C)cc3COC(=O)N(C)CCN(C)C(=O)C(C)C)c2C(C)C)c(COC(=O)N(C)CCN(C)C(=O)C(C)C)c1.Cc1cc(COC(=O)N(C)CCN(C)C(=O)C(C)C)c(C(C)C)c(COC(=O)N(C)CCN(C)C(=O)C(C)C)c1. The molecule has 0 saturated carbocycles. The fourth-order valence-corrected chi connectivity index (χ4v) is 15.8. The molecule has 4 rings (SSSR count). The number of rotatable bonds is 50. The average Bonchev–Trinajstić information content (AvgIpc) is 0.779. The van der Waals surface area contributed by atoms with Crippen molar-refractivity contribution in [3.8, 4) is 0 Å². The Hall–Kier alpha value is -13.2. The monoisotopic (exact) mass is 2080 g/mol. The highest BCUT2D eigenvalue weighted by Crippen LogP contribution is 2.32. The number of carbonyl (C=O) groups is 16. The van der Waals surface area contributed by atoms with Crippen LogP contribution in [-0.4, -0.2) is 392 Å². The number of likely N-dealkylation sites (N-methyl/N-ethyl adjacent to an activating group) is 16. The zero-order chi connectivity index (χ0) is 113. The summed E-state index contributed by atoms with van der Waals surface area (Å²) in [5, 5.41) is 0. The normalized spacial score (nSPS) is 11.1. The Morgan fingerprint density at radius 3 is 0.426 bits per heavy atom. The van der Waals surface area contributed by atoms with Gasteiger partial charge in [0, 0.05) is 275 Å². The first-order valence-corrected chi connectivity index (χ1v) is 50.5. The number of aryl methyl sites for hydroxylation is 4. The van der Waals surface area contributed by atoms with Gasteiger partial charge in [-0.1, -0.05) is 182 Å². The molecule has 4 aromatic carbocycles. The van der Waals surface area contributed by atoms with E-state index in [1.165, 1.54) is 111 Å². The summed E-state index contributed by atoms with van der Waals surface area (Å²) in [4.78, 5) is 233. The first-order valence-electron chi connectivity index (χ1n) is 50.5. The van der Waals surface area contributed by atoms with Gasteiger partial charge >= 0.3 is 48.7 Å². The molecule has 0 heterocycles. The van der Waals surface area contributed by atoms with Crippen LogP contribution in [0, 0.1) is 63.2 Å². The van der Waals surface area contributed by atoms with Gasteiger partial charge in [0.15, 0.2) is 0 Å². The highest BCUT2D eigenvalue weighted by Gasteiger charge is 2.32. The Kier molecular flexibility index (Phi) is 54.2. The summed E-state index contributed by atoms with van der Waals surface area (Å²) in [6, 6.07) is 14.5.